The van der Waals surface area contributed by atoms with Crippen LogP contribution < -0.4 is 10.6 Å². The number of hydrogen-bond donors (Lipinski definition) is 2. The number of nitrogens with one attached hydrogen (secondary N) is 2. The number of rotatable bonds is 1. The monoisotopic (exact) mass is 142 g/mol. The van der Waals surface area contributed by atoms with E-state index in [2.05, 4.69) is 10.6 Å². The van der Waals surface area contributed by atoms with E-state index in [1.54, 1.807) is 0 Å². The molecule has 0 saturated carbocycles. The average Bonchev–Trinajstić information content (AvgIpc) is 1.88. The molecule has 1 rings (SSSR count). The molecule has 0 aromatic rings. The van der Waals surface area contributed by atoms with Gasteiger partial charge in [0.25, 0.3) is 0 Å². The first kappa shape index (κ1) is 7.21. The van der Waals surface area contributed by atoms with Crippen LogP contribution in [0, 0.1) is 0 Å². The van der Waals surface area contributed by atoms with Crippen molar-refractivity contribution in [2.75, 3.05) is 13.1 Å². The fraction of sp³-hybridized carbons (Fsp3) is 0.667. The molecule has 1 saturated heterocycles. The van der Waals surface area contributed by atoms with E-state index in [0.717, 1.165) is 0 Å². The molecular formula is C6H10N2O2. The number of piperazine rings is 1. The lowest BCUT2D eigenvalue weighted by Gasteiger charge is -2.21. The van der Waals surface area contributed by atoms with E-state index in [9.17, 15) is 9.59 Å². The summed E-state index contributed by atoms with van der Waals surface area (Å²) < 4.78 is 0. The van der Waals surface area contributed by atoms with Crippen molar-refractivity contribution in [3.05, 3.63) is 0 Å². The van der Waals surface area contributed by atoms with Gasteiger partial charge >= 0.3 is 0 Å². The van der Waals surface area contributed by atoms with Crippen LogP contribution in [0.3, 0.4) is 0 Å². The third-order valence-corrected chi connectivity index (χ3v) is 1.46. The van der Waals surface area contributed by atoms with Crippen molar-refractivity contribution in [3.63, 3.8) is 0 Å². The lowest BCUT2D eigenvalue weighted by atomic mass is 10.2. The lowest BCUT2D eigenvalue weighted by Crippen LogP contribution is -2.54. The first-order valence-electron chi connectivity index (χ1n) is 3.20. The average molecular weight is 142 g/mol. The molecule has 0 bridgehead atoms. The number of carbonyl (C=O) groups excluding carboxylic acids is 2. The van der Waals surface area contributed by atoms with Crippen LogP contribution in [0.2, 0.25) is 0 Å². The summed E-state index contributed by atoms with van der Waals surface area (Å²) in [7, 11) is 0. The molecule has 0 spiro atoms. The maximum Gasteiger partial charge on any atom is 0.234 e. The van der Waals surface area contributed by atoms with Crippen molar-refractivity contribution in [2.45, 2.75) is 13.0 Å². The number of ketones is 1. The van der Waals surface area contributed by atoms with Crippen LogP contribution in [-0.2, 0) is 9.59 Å². The molecule has 1 atom stereocenters. The Morgan fingerprint density at radius 1 is 1.70 bits per heavy atom. The quantitative estimate of drug-likeness (QED) is 0.476. The van der Waals surface area contributed by atoms with Gasteiger partial charge in [-0.1, -0.05) is 0 Å². The molecule has 1 heterocycles. The molecule has 1 fully saturated rings. The van der Waals surface area contributed by atoms with Crippen molar-refractivity contribution in [1.29, 1.82) is 0 Å². The molecule has 1 unspecified atom stereocenters. The molecule has 0 radical (unpaired) electrons. The highest BCUT2D eigenvalue weighted by atomic mass is 16.2. The number of amides is 1. The second-order valence-corrected chi connectivity index (χ2v) is 2.36. The maximum atomic E-state index is 10.7. The molecule has 1 aliphatic heterocycles. The van der Waals surface area contributed by atoms with Gasteiger partial charge in [-0.25, -0.2) is 0 Å². The highest BCUT2D eigenvalue weighted by molar-refractivity contribution is 5.89. The van der Waals surface area contributed by atoms with Crippen LogP contribution in [0.15, 0.2) is 0 Å². The van der Waals surface area contributed by atoms with Gasteiger partial charge in [0.15, 0.2) is 5.78 Å². The summed E-state index contributed by atoms with van der Waals surface area (Å²) >= 11 is 0. The predicted molar refractivity (Wildman–Crippen MR) is 35.5 cm³/mol. The summed E-state index contributed by atoms with van der Waals surface area (Å²) in [5.41, 5.74) is 0. The summed E-state index contributed by atoms with van der Waals surface area (Å²) in [5.74, 6) is -0.105. The lowest BCUT2D eigenvalue weighted by molar-refractivity contribution is -0.127. The Morgan fingerprint density at radius 2 is 2.40 bits per heavy atom. The standard InChI is InChI=1S/C6H10N2O2/c1-4(9)5-2-7-3-6(10)8-5/h5,7H,2-3H2,1H3,(H,8,10). The summed E-state index contributed by atoms with van der Waals surface area (Å²) in [4.78, 5) is 21.3. The van der Waals surface area contributed by atoms with Crippen molar-refractivity contribution in [2.24, 2.45) is 0 Å². The molecule has 56 valence electrons. The van der Waals surface area contributed by atoms with E-state index in [-0.39, 0.29) is 17.7 Å². The molecule has 10 heavy (non-hydrogen) atoms. The second-order valence-electron chi connectivity index (χ2n) is 2.36. The zero-order valence-corrected chi connectivity index (χ0v) is 5.81. The third kappa shape index (κ3) is 1.54. The van der Waals surface area contributed by atoms with Gasteiger partial charge in [-0.2, -0.15) is 0 Å². The Hall–Kier alpha value is -0.900. The van der Waals surface area contributed by atoms with Crippen LogP contribution in [0.5, 0.6) is 0 Å². The first-order valence-corrected chi connectivity index (χ1v) is 3.20. The van der Waals surface area contributed by atoms with E-state index >= 15 is 0 Å². The number of hydrogen-bond acceptors (Lipinski definition) is 3. The predicted octanol–water partition coefficient (Wildman–Crippen LogP) is -1.34. The van der Waals surface area contributed by atoms with Gasteiger partial charge in [-0.05, 0) is 6.92 Å². The Morgan fingerprint density at radius 3 is 2.80 bits per heavy atom. The molecule has 1 amide bonds. The molecule has 2 N–H and O–H groups in total. The summed E-state index contributed by atoms with van der Waals surface area (Å²) in [5, 5.41) is 5.40. The minimum Gasteiger partial charge on any atom is -0.344 e. The summed E-state index contributed by atoms with van der Waals surface area (Å²) in [6.45, 7) is 2.35. The Labute approximate surface area is 59.0 Å². The van der Waals surface area contributed by atoms with Gasteiger partial charge in [-0.15, -0.1) is 0 Å². The second kappa shape index (κ2) is 2.79. The molecular weight excluding hydrogens is 132 g/mol. The van der Waals surface area contributed by atoms with Crippen LogP contribution in [-0.4, -0.2) is 30.8 Å². The van der Waals surface area contributed by atoms with Gasteiger partial charge in [-0.3, -0.25) is 9.59 Å². The fourth-order valence-electron chi connectivity index (χ4n) is 0.872. The molecule has 0 aromatic heterocycles. The molecule has 4 heteroatoms. The maximum absolute atomic E-state index is 10.7. The number of Topliss-reactive ketones (excluding diaryl/α,β-unsaturated/α-hetero) is 1. The largest absolute Gasteiger partial charge is 0.344 e. The van der Waals surface area contributed by atoms with Gasteiger partial charge in [0.1, 0.15) is 0 Å². The molecule has 1 aliphatic rings. The SMILES string of the molecule is CC(=O)C1CNCC(=O)N1. The molecule has 4 nitrogen and oxygen atoms in total. The van der Waals surface area contributed by atoms with E-state index in [0.29, 0.717) is 13.1 Å². The van der Waals surface area contributed by atoms with Crippen molar-refractivity contribution >= 4 is 11.7 Å². The van der Waals surface area contributed by atoms with E-state index < -0.39 is 0 Å². The van der Waals surface area contributed by atoms with Crippen LogP contribution in [0.4, 0.5) is 0 Å². The topological polar surface area (TPSA) is 58.2 Å². The smallest absolute Gasteiger partial charge is 0.234 e. The van der Waals surface area contributed by atoms with Crippen LogP contribution >= 0.6 is 0 Å². The van der Waals surface area contributed by atoms with Crippen LogP contribution in [0.1, 0.15) is 6.92 Å². The van der Waals surface area contributed by atoms with E-state index in [4.69, 9.17) is 0 Å². The highest BCUT2D eigenvalue weighted by Gasteiger charge is 2.20. The van der Waals surface area contributed by atoms with Crippen molar-refractivity contribution < 1.29 is 9.59 Å². The Balaban J connectivity index is 2.47. The Kier molecular flexibility index (Phi) is 2.01. The fourth-order valence-corrected chi connectivity index (χ4v) is 0.872. The molecule has 0 aromatic carbocycles. The van der Waals surface area contributed by atoms with Gasteiger partial charge in [0, 0.05) is 6.54 Å². The zero-order valence-electron chi connectivity index (χ0n) is 5.81. The molecule has 0 aliphatic carbocycles. The highest BCUT2D eigenvalue weighted by Crippen LogP contribution is 1.88. The van der Waals surface area contributed by atoms with E-state index in [1.165, 1.54) is 6.92 Å². The van der Waals surface area contributed by atoms with Crippen molar-refractivity contribution in [3.8, 4) is 0 Å². The zero-order chi connectivity index (χ0) is 7.56. The minimum atomic E-state index is -0.318. The third-order valence-electron chi connectivity index (χ3n) is 1.46. The normalized spacial score (nSPS) is 25.7. The first-order chi connectivity index (χ1) is 4.70. The van der Waals surface area contributed by atoms with Gasteiger partial charge in [0.05, 0.1) is 12.6 Å². The van der Waals surface area contributed by atoms with E-state index in [1.807, 2.05) is 0 Å². The summed E-state index contributed by atoms with van der Waals surface area (Å²) in [6.07, 6.45) is 0. The minimum absolute atomic E-state index is 0.000509. The van der Waals surface area contributed by atoms with Crippen molar-refractivity contribution in [1.82, 2.24) is 10.6 Å². The number of carbonyl (C=O) groups is 2. The summed E-state index contributed by atoms with van der Waals surface area (Å²) in [6, 6.07) is -0.318. The van der Waals surface area contributed by atoms with Gasteiger partial charge < -0.3 is 10.6 Å². The van der Waals surface area contributed by atoms with Gasteiger partial charge in [0.2, 0.25) is 5.91 Å². The Bertz CT molecular complexity index is 165. The van der Waals surface area contributed by atoms with Crippen LogP contribution in [0.25, 0.3) is 0 Å².